The molecule has 400 valence electrons. The van der Waals surface area contributed by atoms with Crippen LogP contribution in [0.25, 0.3) is 0 Å². The largest absolute Gasteiger partial charge is 0.756 e. The lowest BCUT2D eigenvalue weighted by Gasteiger charge is -2.29. The summed E-state index contributed by atoms with van der Waals surface area (Å²) in [7, 11) is 1.24. The zero-order valence-electron chi connectivity index (χ0n) is 45.6. The fourth-order valence-electron chi connectivity index (χ4n) is 8.42. The Labute approximate surface area is 422 Å². The van der Waals surface area contributed by atoms with Gasteiger partial charge >= 0.3 is 0 Å². The minimum Gasteiger partial charge on any atom is -0.756 e. The van der Waals surface area contributed by atoms with Gasteiger partial charge in [-0.25, -0.2) is 0 Å². The van der Waals surface area contributed by atoms with Gasteiger partial charge in [0.25, 0.3) is 7.82 Å². The van der Waals surface area contributed by atoms with Crippen LogP contribution < -0.4 is 10.2 Å². The lowest BCUT2D eigenvalue weighted by atomic mass is 10.0. The van der Waals surface area contributed by atoms with E-state index in [1.807, 2.05) is 27.2 Å². The first-order chi connectivity index (χ1) is 33.0. The highest BCUT2D eigenvalue weighted by molar-refractivity contribution is 7.45. The number of amides is 1. The number of aliphatic hydroxyl groups is 1. The molecule has 0 saturated heterocycles. The van der Waals surface area contributed by atoms with Gasteiger partial charge in [-0.3, -0.25) is 9.36 Å². The third-order valence-corrected chi connectivity index (χ3v) is 14.0. The van der Waals surface area contributed by atoms with Crippen molar-refractivity contribution in [2.75, 3.05) is 40.9 Å². The summed E-state index contributed by atoms with van der Waals surface area (Å²) in [6.45, 7) is 4.64. The molecule has 1 amide bonds. The molecule has 3 atom stereocenters. The van der Waals surface area contributed by atoms with E-state index in [1.165, 1.54) is 205 Å². The second-order valence-electron chi connectivity index (χ2n) is 21.0. The van der Waals surface area contributed by atoms with E-state index in [9.17, 15) is 19.4 Å². The maximum absolute atomic E-state index is 13.0. The van der Waals surface area contributed by atoms with Gasteiger partial charge in [-0.2, -0.15) is 0 Å². The van der Waals surface area contributed by atoms with Crippen LogP contribution in [0, 0.1) is 0 Å². The first-order valence-electron chi connectivity index (χ1n) is 29.0. The summed E-state index contributed by atoms with van der Waals surface area (Å²) in [5.74, 6) is -0.210. The molecule has 0 heterocycles. The molecular formula is C59H113N2O6P. The molecule has 0 saturated carbocycles. The second kappa shape index (κ2) is 50.4. The first-order valence-corrected chi connectivity index (χ1v) is 30.5. The van der Waals surface area contributed by atoms with E-state index in [2.05, 4.69) is 55.6 Å². The van der Waals surface area contributed by atoms with Gasteiger partial charge in [-0.05, 0) is 70.6 Å². The second-order valence-corrected chi connectivity index (χ2v) is 22.4. The van der Waals surface area contributed by atoms with Gasteiger partial charge in [0.15, 0.2) is 0 Å². The zero-order chi connectivity index (χ0) is 49.9. The van der Waals surface area contributed by atoms with E-state index in [1.54, 1.807) is 6.08 Å². The van der Waals surface area contributed by atoms with Gasteiger partial charge in [-0.1, -0.05) is 242 Å². The maximum atomic E-state index is 13.0. The molecule has 0 aliphatic carbocycles. The van der Waals surface area contributed by atoms with E-state index < -0.39 is 26.6 Å². The molecule has 0 radical (unpaired) electrons. The van der Waals surface area contributed by atoms with E-state index in [4.69, 9.17) is 9.05 Å². The number of unbranched alkanes of at least 4 members (excludes halogenated alkanes) is 34. The van der Waals surface area contributed by atoms with Crippen molar-refractivity contribution in [1.82, 2.24) is 5.32 Å². The molecule has 2 N–H and O–H groups in total. The molecule has 68 heavy (non-hydrogen) atoms. The fraction of sp³-hybridized carbons (Fsp3) is 0.847. The van der Waals surface area contributed by atoms with Crippen LogP contribution in [0.2, 0.25) is 0 Å². The number of nitrogens with zero attached hydrogens (tertiary/aromatic N) is 1. The highest BCUT2D eigenvalue weighted by atomic mass is 31.2. The molecule has 0 aromatic heterocycles. The third-order valence-electron chi connectivity index (χ3n) is 13.0. The molecule has 3 unspecified atom stereocenters. The average molecular weight is 978 g/mol. The zero-order valence-corrected chi connectivity index (χ0v) is 46.5. The molecular weight excluding hydrogens is 864 g/mol. The fourth-order valence-corrected chi connectivity index (χ4v) is 9.14. The molecule has 0 spiro atoms. The monoisotopic (exact) mass is 977 g/mol. The lowest BCUT2D eigenvalue weighted by Crippen LogP contribution is -2.45. The molecule has 0 aliphatic rings. The Morgan fingerprint density at radius 3 is 1.19 bits per heavy atom. The molecule has 0 fully saturated rings. The number of quaternary nitrogens is 1. The number of carbonyl (C=O) groups is 1. The predicted octanol–water partition coefficient (Wildman–Crippen LogP) is 16.9. The predicted molar refractivity (Wildman–Crippen MR) is 293 cm³/mol. The molecule has 9 heteroatoms. The smallest absolute Gasteiger partial charge is 0.268 e. The van der Waals surface area contributed by atoms with E-state index in [0.29, 0.717) is 17.4 Å². The summed E-state index contributed by atoms with van der Waals surface area (Å²) < 4.78 is 23.3. The van der Waals surface area contributed by atoms with Crippen LogP contribution in [-0.4, -0.2) is 68.5 Å². The van der Waals surface area contributed by atoms with Crippen LogP contribution in [0.4, 0.5) is 0 Å². The number of phosphoric acid groups is 1. The summed E-state index contributed by atoms with van der Waals surface area (Å²) in [6, 6.07) is -0.911. The molecule has 0 rings (SSSR count). The Kier molecular flexibility index (Phi) is 49.3. The number of likely N-dealkylation sites (N-methyl/N-ethyl adjacent to an activating group) is 1. The lowest BCUT2D eigenvalue weighted by molar-refractivity contribution is -0.870. The van der Waals surface area contributed by atoms with Crippen molar-refractivity contribution in [3.63, 3.8) is 0 Å². The van der Waals surface area contributed by atoms with Crippen LogP contribution in [-0.2, 0) is 18.4 Å². The van der Waals surface area contributed by atoms with Gasteiger partial charge in [-0.15, -0.1) is 0 Å². The number of nitrogens with one attached hydrogen (secondary N) is 1. The van der Waals surface area contributed by atoms with Crippen molar-refractivity contribution in [3.05, 3.63) is 48.6 Å². The van der Waals surface area contributed by atoms with Crippen molar-refractivity contribution in [2.45, 2.75) is 283 Å². The Balaban J connectivity index is 4.23. The summed E-state index contributed by atoms with van der Waals surface area (Å²) in [4.78, 5) is 25.5. The van der Waals surface area contributed by atoms with Crippen LogP contribution >= 0.6 is 7.82 Å². The summed E-state index contributed by atoms with van der Waals surface area (Å²) >= 11 is 0. The van der Waals surface area contributed by atoms with Gasteiger partial charge in [0.1, 0.15) is 13.2 Å². The van der Waals surface area contributed by atoms with Gasteiger partial charge in [0, 0.05) is 6.42 Å². The minimum absolute atomic E-state index is 0.00937. The Hall–Kier alpha value is -1.54. The summed E-state index contributed by atoms with van der Waals surface area (Å²) in [6.07, 6.45) is 66.2. The van der Waals surface area contributed by atoms with Gasteiger partial charge < -0.3 is 28.8 Å². The average Bonchev–Trinajstić information content (AvgIpc) is 3.30. The Bertz CT molecular complexity index is 1250. The molecule has 8 nitrogen and oxygen atoms in total. The van der Waals surface area contributed by atoms with Crippen LogP contribution in [0.3, 0.4) is 0 Å². The normalized spacial score (nSPS) is 14.3. The maximum Gasteiger partial charge on any atom is 0.268 e. The topological polar surface area (TPSA) is 108 Å². The highest BCUT2D eigenvalue weighted by Gasteiger charge is 2.23. The molecule has 0 bridgehead atoms. The van der Waals surface area contributed by atoms with Crippen LogP contribution in [0.15, 0.2) is 48.6 Å². The number of hydrogen-bond acceptors (Lipinski definition) is 6. The highest BCUT2D eigenvalue weighted by Crippen LogP contribution is 2.38. The number of allylic oxidation sites excluding steroid dienone is 7. The standard InChI is InChI=1S/C59H113N2O6P/c1-6-8-10-12-14-16-18-20-22-24-26-27-28-29-30-31-32-33-35-37-39-41-43-45-47-49-51-53-59(63)60-57(56-67-68(64,65)66-55-54-61(3,4)5)58(62)52-50-48-46-44-42-40-38-36-34-25-23-21-19-17-15-13-11-9-7-2/h29-30,34,36,42,44,50,52,57-58,62H,6-28,31-33,35,37-41,43,45-49,51,53-56H2,1-5H3,(H-,60,63,64,65)/b30-29-,36-34+,44-42+,52-50+. The van der Waals surface area contributed by atoms with E-state index >= 15 is 0 Å². The first kappa shape index (κ1) is 66.5. The quantitative estimate of drug-likeness (QED) is 0.0272. The number of hydrogen-bond donors (Lipinski definition) is 2. The molecule has 0 aromatic carbocycles. The molecule has 0 aliphatic heterocycles. The minimum atomic E-state index is -4.61. The number of carbonyl (C=O) groups excluding carboxylic acids is 1. The molecule has 0 aromatic rings. The Morgan fingerprint density at radius 2 is 0.824 bits per heavy atom. The van der Waals surface area contributed by atoms with Crippen LogP contribution in [0.1, 0.15) is 271 Å². The van der Waals surface area contributed by atoms with Crippen LogP contribution in [0.5, 0.6) is 0 Å². The van der Waals surface area contributed by atoms with E-state index in [-0.39, 0.29) is 12.5 Å². The van der Waals surface area contributed by atoms with Crippen molar-refractivity contribution >= 4 is 13.7 Å². The van der Waals surface area contributed by atoms with Gasteiger partial charge in [0.05, 0.1) is 39.9 Å². The summed E-state index contributed by atoms with van der Waals surface area (Å²) in [5, 5.41) is 13.9. The van der Waals surface area contributed by atoms with Crippen molar-refractivity contribution < 1.29 is 32.9 Å². The SMILES string of the molecule is CCCCCCCCCCC/C=C/CC/C=C/CC/C=C/C(O)C(COP(=O)([O-])OCC[N+](C)(C)C)NC(=O)CCCCCCCCCCCCC/C=C\CCCCCCCCCCCCCC. The third kappa shape index (κ3) is 52.3. The van der Waals surface area contributed by atoms with Crippen molar-refractivity contribution in [1.29, 1.82) is 0 Å². The Morgan fingerprint density at radius 1 is 0.500 bits per heavy atom. The van der Waals surface area contributed by atoms with Crippen molar-refractivity contribution in [3.8, 4) is 0 Å². The van der Waals surface area contributed by atoms with E-state index in [0.717, 1.165) is 44.9 Å². The summed E-state index contributed by atoms with van der Waals surface area (Å²) in [5.41, 5.74) is 0. The number of aliphatic hydroxyl groups excluding tert-OH is 1. The number of phosphoric ester groups is 1. The van der Waals surface area contributed by atoms with Crippen molar-refractivity contribution in [2.24, 2.45) is 0 Å². The van der Waals surface area contributed by atoms with Gasteiger partial charge in [0.2, 0.25) is 5.91 Å². The number of rotatable bonds is 53.